The molecule has 3 aliphatic heterocycles. The Bertz CT molecular complexity index is 974. The fourth-order valence-corrected chi connectivity index (χ4v) is 4.81. The molecule has 2 aromatic rings. The van der Waals surface area contributed by atoms with Gasteiger partial charge in [-0.2, -0.15) is 0 Å². The second-order valence-corrected chi connectivity index (χ2v) is 8.17. The molecule has 7 heteroatoms. The maximum absolute atomic E-state index is 13.2. The van der Waals surface area contributed by atoms with Crippen LogP contribution in [-0.4, -0.2) is 55.9 Å². The smallest absolute Gasteiger partial charge is 0.259 e. The van der Waals surface area contributed by atoms with Gasteiger partial charge in [0, 0.05) is 37.2 Å². The van der Waals surface area contributed by atoms with Gasteiger partial charge in [-0.1, -0.05) is 18.2 Å². The fourth-order valence-electron chi connectivity index (χ4n) is 4.81. The van der Waals surface area contributed by atoms with Gasteiger partial charge in [0.2, 0.25) is 5.91 Å². The molecule has 1 unspecified atom stereocenters. The zero-order chi connectivity index (χ0) is 21.4. The Hall–Kier alpha value is -2.90. The summed E-state index contributed by atoms with van der Waals surface area (Å²) in [6.07, 6.45) is 1.60. The summed E-state index contributed by atoms with van der Waals surface area (Å²) in [6.45, 7) is 2.44. The molecule has 0 radical (unpaired) electrons. The standard InChI is InChI=1S/C24H26N2O5/c1-29-18-8-6-17(7-9-18)26-21(19-4-2-3-5-20(19)23(26)28)16-22(27)25-12-10-24(11-13-25)30-14-15-31-24/h2-9,21H,10-16H2,1H3. The maximum Gasteiger partial charge on any atom is 0.259 e. The summed E-state index contributed by atoms with van der Waals surface area (Å²) in [5.74, 6) is 0.172. The molecule has 2 amide bonds. The maximum atomic E-state index is 13.2. The van der Waals surface area contributed by atoms with E-state index in [0.29, 0.717) is 44.7 Å². The van der Waals surface area contributed by atoms with Crippen LogP contribution in [0.25, 0.3) is 0 Å². The molecule has 0 N–H and O–H groups in total. The van der Waals surface area contributed by atoms with Gasteiger partial charge in [-0.3, -0.25) is 9.59 Å². The number of methoxy groups -OCH3 is 1. The number of carbonyl (C=O) groups excluding carboxylic acids is 2. The van der Waals surface area contributed by atoms with E-state index in [1.54, 1.807) is 12.0 Å². The predicted molar refractivity (Wildman–Crippen MR) is 114 cm³/mol. The number of piperidine rings is 1. The molecule has 3 aliphatic rings. The second kappa shape index (κ2) is 7.98. The monoisotopic (exact) mass is 422 g/mol. The summed E-state index contributed by atoms with van der Waals surface area (Å²) >= 11 is 0. The first-order valence-electron chi connectivity index (χ1n) is 10.7. The highest BCUT2D eigenvalue weighted by Crippen LogP contribution is 2.40. The minimum Gasteiger partial charge on any atom is -0.497 e. The van der Waals surface area contributed by atoms with E-state index in [1.807, 2.05) is 53.4 Å². The van der Waals surface area contributed by atoms with Crippen molar-refractivity contribution in [2.75, 3.05) is 38.3 Å². The van der Waals surface area contributed by atoms with E-state index in [-0.39, 0.29) is 24.3 Å². The molecule has 2 aromatic carbocycles. The van der Waals surface area contributed by atoms with Crippen molar-refractivity contribution in [3.05, 3.63) is 59.7 Å². The molecule has 7 nitrogen and oxygen atoms in total. The van der Waals surface area contributed by atoms with Gasteiger partial charge < -0.3 is 24.0 Å². The van der Waals surface area contributed by atoms with E-state index < -0.39 is 5.79 Å². The third-order valence-electron chi connectivity index (χ3n) is 6.49. The molecule has 31 heavy (non-hydrogen) atoms. The van der Waals surface area contributed by atoms with E-state index >= 15 is 0 Å². The van der Waals surface area contributed by atoms with E-state index in [9.17, 15) is 9.59 Å². The number of carbonyl (C=O) groups is 2. The molecular formula is C24H26N2O5. The summed E-state index contributed by atoms with van der Waals surface area (Å²) in [6, 6.07) is 14.6. The van der Waals surface area contributed by atoms with Crippen LogP contribution in [0.2, 0.25) is 0 Å². The van der Waals surface area contributed by atoms with E-state index in [1.165, 1.54) is 0 Å². The highest BCUT2D eigenvalue weighted by atomic mass is 16.7. The summed E-state index contributed by atoms with van der Waals surface area (Å²) in [5, 5.41) is 0. The minimum absolute atomic E-state index is 0.0425. The van der Waals surface area contributed by atoms with E-state index in [4.69, 9.17) is 14.2 Å². The normalized spacial score (nSPS) is 22.1. The molecule has 5 rings (SSSR count). The van der Waals surface area contributed by atoms with Crippen molar-refractivity contribution < 1.29 is 23.8 Å². The van der Waals surface area contributed by atoms with Gasteiger partial charge in [0.1, 0.15) is 5.75 Å². The van der Waals surface area contributed by atoms with Crippen LogP contribution in [0, 0.1) is 0 Å². The lowest BCUT2D eigenvalue weighted by molar-refractivity contribution is -0.187. The molecule has 3 heterocycles. The van der Waals surface area contributed by atoms with Crippen LogP contribution in [0.15, 0.2) is 48.5 Å². The van der Waals surface area contributed by atoms with Gasteiger partial charge in [-0.05, 0) is 35.9 Å². The van der Waals surface area contributed by atoms with Crippen LogP contribution in [-0.2, 0) is 14.3 Å². The molecule has 0 aliphatic carbocycles. The second-order valence-electron chi connectivity index (χ2n) is 8.17. The Labute approximate surface area is 181 Å². The number of nitrogens with zero attached hydrogens (tertiary/aromatic N) is 2. The Balaban J connectivity index is 1.37. The average molecular weight is 422 g/mol. The van der Waals surface area contributed by atoms with Crippen LogP contribution in [0.5, 0.6) is 5.75 Å². The number of hydrogen-bond donors (Lipinski definition) is 0. The molecular weight excluding hydrogens is 396 g/mol. The van der Waals surface area contributed by atoms with Crippen molar-refractivity contribution in [1.29, 1.82) is 0 Å². The quantitative estimate of drug-likeness (QED) is 0.757. The molecule has 0 aromatic heterocycles. The summed E-state index contributed by atoms with van der Waals surface area (Å²) < 4.78 is 16.8. The Morgan fingerprint density at radius 2 is 1.74 bits per heavy atom. The third kappa shape index (κ3) is 3.58. The first kappa shape index (κ1) is 20.0. The molecule has 162 valence electrons. The average Bonchev–Trinajstić information content (AvgIpc) is 3.37. The Morgan fingerprint density at radius 3 is 2.42 bits per heavy atom. The van der Waals surface area contributed by atoms with Gasteiger partial charge in [-0.25, -0.2) is 0 Å². The highest BCUT2D eigenvalue weighted by Gasteiger charge is 2.43. The van der Waals surface area contributed by atoms with Crippen molar-refractivity contribution in [3.63, 3.8) is 0 Å². The van der Waals surface area contributed by atoms with Crippen molar-refractivity contribution in [2.24, 2.45) is 0 Å². The summed E-state index contributed by atoms with van der Waals surface area (Å²) in [7, 11) is 1.61. The number of benzene rings is 2. The van der Waals surface area contributed by atoms with Gasteiger partial charge in [-0.15, -0.1) is 0 Å². The largest absolute Gasteiger partial charge is 0.497 e. The van der Waals surface area contributed by atoms with Gasteiger partial charge >= 0.3 is 0 Å². The third-order valence-corrected chi connectivity index (χ3v) is 6.49. The SMILES string of the molecule is COc1ccc(N2C(=O)c3ccccc3C2CC(=O)N2CCC3(CC2)OCCO3)cc1. The number of ether oxygens (including phenoxy) is 3. The molecule has 2 fully saturated rings. The molecule has 0 bridgehead atoms. The van der Waals surface area contributed by atoms with Crippen LogP contribution in [0.4, 0.5) is 5.69 Å². The summed E-state index contributed by atoms with van der Waals surface area (Å²) in [5.41, 5.74) is 2.30. The topological polar surface area (TPSA) is 68.3 Å². The first-order chi connectivity index (χ1) is 15.1. The Morgan fingerprint density at radius 1 is 1.06 bits per heavy atom. The van der Waals surface area contributed by atoms with Crippen LogP contribution >= 0.6 is 0 Å². The minimum atomic E-state index is -0.512. The first-order valence-corrected chi connectivity index (χ1v) is 10.7. The number of hydrogen-bond acceptors (Lipinski definition) is 5. The predicted octanol–water partition coefficient (Wildman–Crippen LogP) is 3.15. The van der Waals surface area contributed by atoms with E-state index in [2.05, 4.69) is 0 Å². The lowest BCUT2D eigenvalue weighted by atomic mass is 9.99. The Kier molecular flexibility index (Phi) is 5.16. The van der Waals surface area contributed by atoms with Crippen molar-refractivity contribution in [2.45, 2.75) is 31.1 Å². The van der Waals surface area contributed by atoms with Crippen molar-refractivity contribution in [1.82, 2.24) is 4.90 Å². The molecule has 2 saturated heterocycles. The number of likely N-dealkylation sites (tertiary alicyclic amines) is 1. The lowest BCUT2D eigenvalue weighted by Gasteiger charge is -2.38. The van der Waals surface area contributed by atoms with Crippen LogP contribution < -0.4 is 9.64 Å². The van der Waals surface area contributed by atoms with Crippen molar-refractivity contribution in [3.8, 4) is 5.75 Å². The van der Waals surface area contributed by atoms with E-state index in [0.717, 1.165) is 17.0 Å². The summed E-state index contributed by atoms with van der Waals surface area (Å²) in [4.78, 5) is 30.1. The molecule has 1 spiro atoms. The highest BCUT2D eigenvalue weighted by molar-refractivity contribution is 6.11. The van der Waals surface area contributed by atoms with Crippen LogP contribution in [0.1, 0.15) is 41.2 Å². The lowest BCUT2D eigenvalue weighted by Crippen LogP contribution is -2.48. The number of amides is 2. The number of anilines is 1. The molecule has 1 atom stereocenters. The van der Waals surface area contributed by atoms with Gasteiger partial charge in [0.25, 0.3) is 5.91 Å². The van der Waals surface area contributed by atoms with Crippen LogP contribution in [0.3, 0.4) is 0 Å². The van der Waals surface area contributed by atoms with Crippen molar-refractivity contribution >= 4 is 17.5 Å². The molecule has 0 saturated carbocycles. The number of fused-ring (bicyclic) bond motifs is 1. The number of rotatable bonds is 4. The van der Waals surface area contributed by atoms with Gasteiger partial charge in [0.05, 0.1) is 32.8 Å². The van der Waals surface area contributed by atoms with Gasteiger partial charge in [0.15, 0.2) is 5.79 Å². The zero-order valence-corrected chi connectivity index (χ0v) is 17.6. The zero-order valence-electron chi connectivity index (χ0n) is 17.6. The fraction of sp³-hybridized carbons (Fsp3) is 0.417.